The van der Waals surface area contributed by atoms with Gasteiger partial charge in [-0.25, -0.2) is 4.98 Å². The number of hydrogen-bond acceptors (Lipinski definition) is 5. The van der Waals surface area contributed by atoms with Crippen molar-refractivity contribution in [1.29, 1.82) is 5.26 Å². The fraction of sp³-hybridized carbons (Fsp3) is 0.125. The van der Waals surface area contributed by atoms with E-state index >= 15 is 0 Å². The Hall–Kier alpha value is -2.84. The first-order valence-electron chi connectivity index (χ1n) is 6.50. The lowest BCUT2D eigenvalue weighted by Crippen LogP contribution is -2.05. The SMILES string of the molecule is C[C@@H](N)c1ccc(Oc2c(C#N)oc3ccccc23)nc1. The summed E-state index contributed by atoms with van der Waals surface area (Å²) in [6.45, 7) is 1.88. The molecule has 1 aromatic carbocycles. The zero-order valence-electron chi connectivity index (χ0n) is 11.4. The maximum absolute atomic E-state index is 9.15. The number of nitrogens with two attached hydrogens (primary N) is 1. The van der Waals surface area contributed by atoms with Gasteiger partial charge in [-0.2, -0.15) is 5.26 Å². The monoisotopic (exact) mass is 279 g/mol. The Kier molecular flexibility index (Phi) is 3.30. The summed E-state index contributed by atoms with van der Waals surface area (Å²) in [6.07, 6.45) is 1.66. The first-order chi connectivity index (χ1) is 10.2. The van der Waals surface area contributed by atoms with Crippen molar-refractivity contribution in [3.05, 3.63) is 53.9 Å². The summed E-state index contributed by atoms with van der Waals surface area (Å²) in [5.74, 6) is 0.908. The predicted octanol–water partition coefficient (Wildman–Crippen LogP) is 3.51. The number of nitrogens with zero attached hydrogens (tertiary/aromatic N) is 2. The molecule has 2 aromatic heterocycles. The van der Waals surface area contributed by atoms with Gasteiger partial charge in [0, 0.05) is 18.3 Å². The molecule has 2 N–H and O–H groups in total. The van der Waals surface area contributed by atoms with Crippen LogP contribution in [0.25, 0.3) is 11.0 Å². The van der Waals surface area contributed by atoms with Crippen molar-refractivity contribution in [3.63, 3.8) is 0 Å². The van der Waals surface area contributed by atoms with Crippen LogP contribution in [0.2, 0.25) is 0 Å². The quantitative estimate of drug-likeness (QED) is 0.792. The molecule has 0 radical (unpaired) electrons. The number of hydrogen-bond donors (Lipinski definition) is 1. The molecule has 1 atom stereocenters. The number of benzene rings is 1. The molecule has 3 rings (SSSR count). The highest BCUT2D eigenvalue weighted by atomic mass is 16.5. The number of furan rings is 1. The Morgan fingerprint density at radius 3 is 2.76 bits per heavy atom. The fourth-order valence-corrected chi connectivity index (χ4v) is 2.02. The van der Waals surface area contributed by atoms with Crippen molar-refractivity contribution in [2.75, 3.05) is 0 Å². The number of aromatic nitrogens is 1. The highest BCUT2D eigenvalue weighted by Crippen LogP contribution is 2.35. The van der Waals surface area contributed by atoms with Gasteiger partial charge >= 0.3 is 0 Å². The molecule has 104 valence electrons. The second kappa shape index (κ2) is 5.27. The Balaban J connectivity index is 1.99. The van der Waals surface area contributed by atoms with Gasteiger partial charge in [0.15, 0.2) is 5.75 Å². The third-order valence-corrected chi connectivity index (χ3v) is 3.14. The van der Waals surface area contributed by atoms with E-state index in [9.17, 15) is 0 Å². The van der Waals surface area contributed by atoms with Crippen LogP contribution in [-0.4, -0.2) is 4.98 Å². The summed E-state index contributed by atoms with van der Waals surface area (Å²) < 4.78 is 11.2. The Morgan fingerprint density at radius 2 is 2.10 bits per heavy atom. The van der Waals surface area contributed by atoms with E-state index in [1.807, 2.05) is 37.3 Å². The molecule has 0 aliphatic carbocycles. The molecular weight excluding hydrogens is 266 g/mol. The largest absolute Gasteiger partial charge is 0.442 e. The van der Waals surface area contributed by atoms with E-state index in [2.05, 4.69) is 4.98 Å². The Bertz CT molecular complexity index is 814. The number of ether oxygens (including phenoxy) is 1. The van der Waals surface area contributed by atoms with E-state index in [0.29, 0.717) is 17.2 Å². The summed E-state index contributed by atoms with van der Waals surface area (Å²) in [7, 11) is 0. The first-order valence-corrected chi connectivity index (χ1v) is 6.50. The predicted molar refractivity (Wildman–Crippen MR) is 77.8 cm³/mol. The lowest BCUT2D eigenvalue weighted by atomic mass is 10.2. The smallest absolute Gasteiger partial charge is 0.247 e. The molecule has 0 spiro atoms. The third-order valence-electron chi connectivity index (χ3n) is 3.14. The fourth-order valence-electron chi connectivity index (χ4n) is 2.02. The molecule has 0 aliphatic heterocycles. The van der Waals surface area contributed by atoms with Crippen molar-refractivity contribution < 1.29 is 9.15 Å². The zero-order chi connectivity index (χ0) is 14.8. The van der Waals surface area contributed by atoms with Gasteiger partial charge in [0.05, 0.1) is 5.39 Å². The van der Waals surface area contributed by atoms with E-state index < -0.39 is 0 Å². The van der Waals surface area contributed by atoms with Crippen molar-refractivity contribution in [2.24, 2.45) is 5.73 Å². The molecule has 5 nitrogen and oxygen atoms in total. The summed E-state index contributed by atoms with van der Waals surface area (Å²) in [4.78, 5) is 4.20. The van der Waals surface area contributed by atoms with E-state index in [1.54, 1.807) is 18.3 Å². The van der Waals surface area contributed by atoms with E-state index in [1.165, 1.54) is 0 Å². The highest BCUT2D eigenvalue weighted by Gasteiger charge is 2.16. The van der Waals surface area contributed by atoms with Crippen molar-refractivity contribution in [3.8, 4) is 17.7 Å². The van der Waals surface area contributed by atoms with Crippen molar-refractivity contribution in [2.45, 2.75) is 13.0 Å². The van der Waals surface area contributed by atoms with Crippen LogP contribution in [0.15, 0.2) is 47.0 Å². The minimum absolute atomic E-state index is 0.0871. The topological polar surface area (TPSA) is 85.1 Å². The lowest BCUT2D eigenvalue weighted by Gasteiger charge is -2.06. The molecule has 2 heterocycles. The van der Waals surface area contributed by atoms with Crippen LogP contribution in [0.5, 0.6) is 11.6 Å². The van der Waals surface area contributed by atoms with Gasteiger partial charge in [-0.15, -0.1) is 0 Å². The second-order valence-corrected chi connectivity index (χ2v) is 4.69. The molecule has 0 bridgehead atoms. The van der Waals surface area contributed by atoms with Crippen LogP contribution in [-0.2, 0) is 0 Å². The van der Waals surface area contributed by atoms with Crippen LogP contribution in [0, 0.1) is 11.3 Å². The van der Waals surface area contributed by atoms with Gasteiger partial charge in [-0.1, -0.05) is 18.2 Å². The molecule has 21 heavy (non-hydrogen) atoms. The second-order valence-electron chi connectivity index (χ2n) is 4.69. The number of fused-ring (bicyclic) bond motifs is 1. The summed E-state index contributed by atoms with van der Waals surface area (Å²) in [5.41, 5.74) is 7.31. The zero-order valence-corrected chi connectivity index (χ0v) is 11.4. The Labute approximate surface area is 121 Å². The van der Waals surface area contributed by atoms with Gasteiger partial charge in [0.2, 0.25) is 11.6 Å². The van der Waals surface area contributed by atoms with Gasteiger partial charge in [-0.3, -0.25) is 0 Å². The minimum Gasteiger partial charge on any atom is -0.442 e. The number of nitriles is 1. The van der Waals surface area contributed by atoms with Gasteiger partial charge in [0.25, 0.3) is 0 Å². The molecule has 0 fully saturated rings. The van der Waals surface area contributed by atoms with Crippen LogP contribution >= 0.6 is 0 Å². The summed E-state index contributed by atoms with van der Waals surface area (Å²) in [6, 6.07) is 12.8. The maximum Gasteiger partial charge on any atom is 0.247 e. The van der Waals surface area contributed by atoms with Gasteiger partial charge in [0.1, 0.15) is 11.7 Å². The van der Waals surface area contributed by atoms with E-state index in [0.717, 1.165) is 10.9 Å². The number of para-hydroxylation sites is 1. The van der Waals surface area contributed by atoms with Crippen LogP contribution in [0.4, 0.5) is 0 Å². The summed E-state index contributed by atoms with van der Waals surface area (Å²) >= 11 is 0. The van der Waals surface area contributed by atoms with Gasteiger partial charge < -0.3 is 14.9 Å². The lowest BCUT2D eigenvalue weighted by molar-refractivity contribution is 0.450. The minimum atomic E-state index is -0.0871. The van der Waals surface area contributed by atoms with Crippen LogP contribution in [0.1, 0.15) is 24.3 Å². The molecule has 0 aliphatic rings. The normalized spacial score (nSPS) is 12.0. The maximum atomic E-state index is 9.15. The molecule has 0 amide bonds. The summed E-state index contributed by atoms with van der Waals surface area (Å²) in [5, 5.41) is 9.90. The average molecular weight is 279 g/mol. The molecular formula is C16H13N3O2. The van der Waals surface area contributed by atoms with E-state index in [4.69, 9.17) is 20.1 Å². The number of pyridine rings is 1. The van der Waals surface area contributed by atoms with Gasteiger partial charge in [-0.05, 0) is 24.6 Å². The Morgan fingerprint density at radius 1 is 1.29 bits per heavy atom. The number of rotatable bonds is 3. The standard InChI is InChI=1S/C16H13N3O2/c1-10(18)11-6-7-15(19-9-11)21-16-12-4-2-3-5-13(12)20-14(16)8-17/h2-7,9-10H,18H2,1H3/t10-/m1/s1. The highest BCUT2D eigenvalue weighted by molar-refractivity contribution is 5.86. The molecule has 3 aromatic rings. The molecule has 0 saturated carbocycles. The van der Waals surface area contributed by atoms with Crippen LogP contribution < -0.4 is 10.5 Å². The molecule has 0 saturated heterocycles. The van der Waals surface area contributed by atoms with E-state index in [-0.39, 0.29) is 11.8 Å². The molecule has 5 heteroatoms. The molecule has 0 unspecified atom stereocenters. The first kappa shape index (κ1) is 13.2. The van der Waals surface area contributed by atoms with Crippen LogP contribution in [0.3, 0.4) is 0 Å². The average Bonchev–Trinajstić information content (AvgIpc) is 2.86. The van der Waals surface area contributed by atoms with Crippen molar-refractivity contribution >= 4 is 11.0 Å². The van der Waals surface area contributed by atoms with Crippen molar-refractivity contribution in [1.82, 2.24) is 4.98 Å². The third kappa shape index (κ3) is 2.45.